The second-order valence-electron chi connectivity index (χ2n) is 5.87. The summed E-state index contributed by atoms with van der Waals surface area (Å²) in [6, 6.07) is 12.3. The number of fused-ring (bicyclic) bond motifs is 1. The summed E-state index contributed by atoms with van der Waals surface area (Å²) in [6.45, 7) is 2.07. The average Bonchev–Trinajstić information content (AvgIpc) is 3.04. The number of amides is 1. The van der Waals surface area contributed by atoms with E-state index < -0.39 is 0 Å². The van der Waals surface area contributed by atoms with Gasteiger partial charge in [-0.05, 0) is 42.5 Å². The van der Waals surface area contributed by atoms with Gasteiger partial charge in [-0.25, -0.2) is 0 Å². The third-order valence-corrected chi connectivity index (χ3v) is 4.30. The van der Waals surface area contributed by atoms with Crippen molar-refractivity contribution >= 4 is 34.3 Å². The number of rotatable bonds is 6. The van der Waals surface area contributed by atoms with Crippen molar-refractivity contribution in [2.45, 2.75) is 6.92 Å². The van der Waals surface area contributed by atoms with Gasteiger partial charge in [0.15, 0.2) is 0 Å². The van der Waals surface area contributed by atoms with E-state index in [2.05, 4.69) is 5.32 Å². The quantitative estimate of drug-likeness (QED) is 0.655. The molecule has 0 saturated heterocycles. The molecule has 3 rings (SSSR count). The number of hydrogen-bond donors (Lipinski definition) is 1. The zero-order valence-corrected chi connectivity index (χ0v) is 15.7. The Bertz CT molecular complexity index is 980. The van der Waals surface area contributed by atoms with Gasteiger partial charge in [-0.15, -0.1) is 0 Å². The van der Waals surface area contributed by atoms with E-state index in [0.717, 1.165) is 5.75 Å². The van der Waals surface area contributed by atoms with Crippen molar-refractivity contribution in [1.29, 1.82) is 0 Å². The Kier molecular flexibility index (Phi) is 5.66. The molecule has 0 atom stereocenters. The zero-order valence-electron chi connectivity index (χ0n) is 15.0. The lowest BCUT2D eigenvalue weighted by molar-refractivity contribution is 0.0941. The Morgan fingerprint density at radius 2 is 1.81 bits per heavy atom. The van der Waals surface area contributed by atoms with Crippen LogP contribution in [0.5, 0.6) is 11.5 Å². The van der Waals surface area contributed by atoms with E-state index in [1.165, 1.54) is 17.7 Å². The van der Waals surface area contributed by atoms with E-state index >= 15 is 0 Å². The van der Waals surface area contributed by atoms with E-state index in [4.69, 9.17) is 21.1 Å². The van der Waals surface area contributed by atoms with Crippen molar-refractivity contribution in [1.82, 2.24) is 9.88 Å². The fourth-order valence-electron chi connectivity index (χ4n) is 2.74. The van der Waals surface area contributed by atoms with Crippen LogP contribution in [0, 0.1) is 0 Å². The van der Waals surface area contributed by atoms with Gasteiger partial charge in [0.2, 0.25) is 5.91 Å². The van der Waals surface area contributed by atoms with Crippen molar-refractivity contribution in [3.8, 4) is 11.5 Å². The maximum Gasteiger partial charge on any atom is 0.253 e. The Balaban J connectivity index is 1.65. The number of benzene rings is 2. The first-order valence-corrected chi connectivity index (χ1v) is 8.74. The Hall–Kier alpha value is -2.99. The van der Waals surface area contributed by atoms with Crippen molar-refractivity contribution in [2.75, 3.05) is 20.3 Å². The van der Waals surface area contributed by atoms with Gasteiger partial charge in [-0.1, -0.05) is 11.6 Å². The number of nitrogens with zero attached hydrogens (tertiary/aromatic N) is 1. The van der Waals surface area contributed by atoms with E-state index in [1.54, 1.807) is 49.6 Å². The van der Waals surface area contributed by atoms with Crippen LogP contribution in [0.4, 0.5) is 0 Å². The zero-order chi connectivity index (χ0) is 19.4. The van der Waals surface area contributed by atoms with Gasteiger partial charge in [0, 0.05) is 23.5 Å². The molecule has 1 N–H and O–H groups in total. The second kappa shape index (κ2) is 8.14. The molecule has 7 heteroatoms. The molecule has 140 valence electrons. The highest BCUT2D eigenvalue weighted by Crippen LogP contribution is 2.25. The van der Waals surface area contributed by atoms with Gasteiger partial charge in [-0.3, -0.25) is 14.2 Å². The highest BCUT2D eigenvalue weighted by atomic mass is 35.5. The van der Waals surface area contributed by atoms with Crippen molar-refractivity contribution < 1.29 is 19.1 Å². The molecular weight excluding hydrogens is 368 g/mol. The monoisotopic (exact) mass is 386 g/mol. The summed E-state index contributed by atoms with van der Waals surface area (Å²) in [6.07, 6.45) is 1.53. The number of hydrogen-bond acceptors (Lipinski definition) is 4. The largest absolute Gasteiger partial charge is 0.497 e. The molecule has 1 amide bonds. The molecule has 1 aromatic heterocycles. The van der Waals surface area contributed by atoms with Gasteiger partial charge in [0.25, 0.3) is 5.91 Å². The summed E-state index contributed by atoms with van der Waals surface area (Å²) in [7, 11) is 1.60. The molecule has 0 bridgehead atoms. The number of carbonyl (C=O) groups is 2. The van der Waals surface area contributed by atoms with Crippen LogP contribution in [0.3, 0.4) is 0 Å². The Morgan fingerprint density at radius 3 is 2.48 bits per heavy atom. The summed E-state index contributed by atoms with van der Waals surface area (Å²) in [5.41, 5.74) is 1.04. The molecule has 0 spiro atoms. The van der Waals surface area contributed by atoms with Crippen molar-refractivity contribution in [2.24, 2.45) is 0 Å². The molecule has 0 radical (unpaired) electrons. The summed E-state index contributed by atoms with van der Waals surface area (Å²) in [5.74, 6) is 0.964. The lowest BCUT2D eigenvalue weighted by atomic mass is 10.1. The Labute approximate surface area is 161 Å². The molecule has 0 unspecified atom stereocenters. The van der Waals surface area contributed by atoms with E-state index in [-0.39, 0.29) is 11.8 Å². The fraction of sp³-hybridized carbons (Fsp3) is 0.200. The minimum atomic E-state index is -0.291. The third kappa shape index (κ3) is 4.23. The summed E-state index contributed by atoms with van der Waals surface area (Å²) in [4.78, 5) is 24.4. The predicted octanol–water partition coefficient (Wildman–Crippen LogP) is 3.77. The number of aromatic nitrogens is 1. The van der Waals surface area contributed by atoms with Crippen LogP contribution in [0.1, 0.15) is 22.1 Å². The lowest BCUT2D eigenvalue weighted by Gasteiger charge is -2.08. The number of halogens is 1. The van der Waals surface area contributed by atoms with E-state index in [9.17, 15) is 9.59 Å². The van der Waals surface area contributed by atoms with Gasteiger partial charge in [0.1, 0.15) is 18.1 Å². The maximum absolute atomic E-state index is 12.5. The van der Waals surface area contributed by atoms with Crippen LogP contribution in [0.2, 0.25) is 5.02 Å². The first-order valence-electron chi connectivity index (χ1n) is 8.36. The molecule has 27 heavy (non-hydrogen) atoms. The first kappa shape index (κ1) is 18.8. The molecule has 1 heterocycles. The highest BCUT2D eigenvalue weighted by Gasteiger charge is 2.17. The van der Waals surface area contributed by atoms with Crippen LogP contribution in [0.15, 0.2) is 48.7 Å². The lowest BCUT2D eigenvalue weighted by Crippen LogP contribution is -2.28. The minimum absolute atomic E-state index is 0.177. The standard InChI is InChI=1S/C20H19ClN2O4/c1-13(24)23-12-18(17-11-14(21)3-8-19(17)23)20(25)22-9-10-27-16-6-4-15(26-2)5-7-16/h3-8,11-12H,9-10H2,1-2H3,(H,22,25). The molecule has 2 aromatic carbocycles. The number of ether oxygens (including phenoxy) is 2. The topological polar surface area (TPSA) is 69.6 Å². The van der Waals surface area contributed by atoms with Crippen LogP contribution >= 0.6 is 11.6 Å². The summed E-state index contributed by atoms with van der Waals surface area (Å²) >= 11 is 6.05. The smallest absolute Gasteiger partial charge is 0.253 e. The summed E-state index contributed by atoms with van der Waals surface area (Å²) < 4.78 is 12.1. The molecular formula is C20H19ClN2O4. The Morgan fingerprint density at radius 1 is 1.11 bits per heavy atom. The molecule has 0 saturated carbocycles. The van der Waals surface area contributed by atoms with Gasteiger partial charge >= 0.3 is 0 Å². The molecule has 0 aliphatic heterocycles. The highest BCUT2D eigenvalue weighted by molar-refractivity contribution is 6.31. The van der Waals surface area contributed by atoms with Crippen molar-refractivity contribution in [3.63, 3.8) is 0 Å². The average molecular weight is 387 g/mol. The summed E-state index contributed by atoms with van der Waals surface area (Å²) in [5, 5.41) is 3.93. The van der Waals surface area contributed by atoms with Gasteiger partial charge < -0.3 is 14.8 Å². The molecule has 0 aliphatic carbocycles. The SMILES string of the molecule is COc1ccc(OCCNC(=O)c2cn(C(C)=O)c3ccc(Cl)cc23)cc1. The van der Waals surface area contributed by atoms with Gasteiger partial charge in [-0.2, -0.15) is 0 Å². The second-order valence-corrected chi connectivity index (χ2v) is 6.31. The molecule has 0 fully saturated rings. The molecule has 6 nitrogen and oxygen atoms in total. The fourth-order valence-corrected chi connectivity index (χ4v) is 2.92. The minimum Gasteiger partial charge on any atom is -0.497 e. The van der Waals surface area contributed by atoms with Gasteiger partial charge in [0.05, 0.1) is 24.7 Å². The number of methoxy groups -OCH3 is 1. The third-order valence-electron chi connectivity index (χ3n) is 4.07. The van der Waals surface area contributed by atoms with E-state index in [1.807, 2.05) is 0 Å². The van der Waals surface area contributed by atoms with Crippen LogP contribution in [0.25, 0.3) is 10.9 Å². The van der Waals surface area contributed by atoms with Crippen LogP contribution in [-0.4, -0.2) is 36.6 Å². The molecule has 3 aromatic rings. The normalized spacial score (nSPS) is 10.6. The van der Waals surface area contributed by atoms with Crippen molar-refractivity contribution in [3.05, 3.63) is 59.2 Å². The van der Waals surface area contributed by atoms with E-state index in [0.29, 0.717) is 40.4 Å². The first-order chi connectivity index (χ1) is 13.0. The predicted molar refractivity (Wildman–Crippen MR) is 104 cm³/mol. The maximum atomic E-state index is 12.5. The molecule has 0 aliphatic rings. The van der Waals surface area contributed by atoms with Crippen LogP contribution in [-0.2, 0) is 0 Å². The number of carbonyl (C=O) groups excluding carboxylic acids is 2. The van der Waals surface area contributed by atoms with Crippen LogP contribution < -0.4 is 14.8 Å². The number of nitrogens with one attached hydrogen (secondary N) is 1.